The minimum Gasteiger partial charge on any atom is -0.487 e. The lowest BCUT2D eigenvalue weighted by atomic mass is 10.1. The molecule has 0 fully saturated rings. The summed E-state index contributed by atoms with van der Waals surface area (Å²) in [5, 5.41) is 3.70. The van der Waals surface area contributed by atoms with Gasteiger partial charge in [0, 0.05) is 29.7 Å². The van der Waals surface area contributed by atoms with E-state index in [9.17, 15) is 9.18 Å². The molecule has 3 aromatic carbocycles. The van der Waals surface area contributed by atoms with Crippen molar-refractivity contribution >= 4 is 45.7 Å². The molecular formula is C28H26ClFN6O3. The molecule has 0 aliphatic rings. The molecule has 0 unspecified atom stereocenters. The van der Waals surface area contributed by atoms with Gasteiger partial charge in [-0.3, -0.25) is 4.79 Å². The number of ether oxygens (including phenoxy) is 2. The van der Waals surface area contributed by atoms with E-state index in [2.05, 4.69) is 30.7 Å². The molecule has 11 heteroatoms. The van der Waals surface area contributed by atoms with Crippen LogP contribution in [0.1, 0.15) is 5.56 Å². The number of primary amides is 1. The van der Waals surface area contributed by atoms with E-state index >= 15 is 0 Å². The Labute approximate surface area is 228 Å². The fraction of sp³-hybridized carbons (Fsp3) is 0.107. The van der Waals surface area contributed by atoms with Crippen LogP contribution in [0.2, 0.25) is 5.02 Å². The molecule has 0 aliphatic heterocycles. The van der Waals surface area contributed by atoms with Gasteiger partial charge in [-0.15, -0.1) is 0 Å². The highest BCUT2D eigenvalue weighted by Crippen LogP contribution is 2.32. The number of aromatic nitrogens is 3. The number of rotatable bonds is 8. The Morgan fingerprint density at radius 1 is 1.08 bits per heavy atom. The number of anilines is 3. The van der Waals surface area contributed by atoms with Crippen LogP contribution in [0.4, 0.5) is 21.6 Å². The zero-order valence-electron chi connectivity index (χ0n) is 20.9. The van der Waals surface area contributed by atoms with Crippen molar-refractivity contribution in [2.24, 2.45) is 5.73 Å². The molecule has 9 nitrogen and oxygen atoms in total. The van der Waals surface area contributed by atoms with Crippen molar-refractivity contribution in [3.8, 4) is 17.0 Å². The third-order valence-corrected chi connectivity index (χ3v) is 5.67. The Hall–Kier alpha value is -4.67. The lowest BCUT2D eigenvalue weighted by Gasteiger charge is -2.11. The molecular weight excluding hydrogens is 523 g/mol. The molecule has 0 aliphatic carbocycles. The Morgan fingerprint density at radius 2 is 1.90 bits per heavy atom. The average molecular weight is 549 g/mol. The van der Waals surface area contributed by atoms with E-state index in [-0.39, 0.29) is 19.0 Å². The van der Waals surface area contributed by atoms with E-state index in [1.165, 1.54) is 25.6 Å². The first-order chi connectivity index (χ1) is 18.8. The maximum Gasteiger partial charge on any atom is 0.243 e. The first kappa shape index (κ1) is 27.4. The number of nitrogens with two attached hydrogens (primary N) is 2. The van der Waals surface area contributed by atoms with E-state index in [0.29, 0.717) is 22.3 Å². The Morgan fingerprint density at radius 3 is 2.59 bits per heavy atom. The zero-order chi connectivity index (χ0) is 27.8. The maximum atomic E-state index is 13.4. The first-order valence-electron chi connectivity index (χ1n) is 11.7. The summed E-state index contributed by atoms with van der Waals surface area (Å²) < 4.78 is 23.4. The van der Waals surface area contributed by atoms with Crippen molar-refractivity contribution in [2.75, 3.05) is 24.8 Å². The molecule has 1 amide bonds. The second kappa shape index (κ2) is 12.7. The van der Waals surface area contributed by atoms with Gasteiger partial charge in [-0.25, -0.2) is 14.4 Å². The third kappa shape index (κ3) is 7.44. The van der Waals surface area contributed by atoms with Crippen molar-refractivity contribution in [1.82, 2.24) is 15.0 Å². The SMILES string of the molecule is COCC(N)=O.Nc1cccc(-c2cc3ncnc(Nc4ccc(OCc5cccc(F)c5)c(Cl)c4)c3[nH]2)c1. The van der Waals surface area contributed by atoms with Gasteiger partial charge in [-0.05, 0) is 54.1 Å². The summed E-state index contributed by atoms with van der Waals surface area (Å²) in [5.74, 6) is 0.376. The van der Waals surface area contributed by atoms with Gasteiger partial charge in [-0.2, -0.15) is 0 Å². The van der Waals surface area contributed by atoms with Crippen LogP contribution in [0.3, 0.4) is 0 Å². The fourth-order valence-corrected chi connectivity index (χ4v) is 3.89. The number of benzene rings is 3. The molecule has 0 bridgehead atoms. The number of amides is 1. The second-order valence-electron chi connectivity index (χ2n) is 8.38. The number of nitrogens with one attached hydrogen (secondary N) is 2. The predicted octanol–water partition coefficient (Wildman–Crippen LogP) is 5.44. The van der Waals surface area contributed by atoms with Crippen LogP contribution in [-0.4, -0.2) is 34.6 Å². The molecule has 2 aromatic heterocycles. The molecule has 0 spiro atoms. The predicted molar refractivity (Wildman–Crippen MR) is 150 cm³/mol. The van der Waals surface area contributed by atoms with E-state index in [1.807, 2.05) is 36.4 Å². The number of methoxy groups -OCH3 is 1. The highest BCUT2D eigenvalue weighted by Gasteiger charge is 2.11. The molecule has 0 saturated carbocycles. The van der Waals surface area contributed by atoms with Crippen molar-refractivity contribution in [2.45, 2.75) is 6.61 Å². The van der Waals surface area contributed by atoms with Crippen LogP contribution in [0.25, 0.3) is 22.3 Å². The fourth-order valence-electron chi connectivity index (χ4n) is 3.66. The number of aromatic amines is 1. The van der Waals surface area contributed by atoms with Crippen LogP contribution in [0.5, 0.6) is 5.75 Å². The summed E-state index contributed by atoms with van der Waals surface area (Å²) in [6, 6.07) is 21.2. The van der Waals surface area contributed by atoms with E-state index < -0.39 is 5.91 Å². The summed E-state index contributed by atoms with van der Waals surface area (Å²) >= 11 is 6.42. The van der Waals surface area contributed by atoms with Crippen LogP contribution in [0.15, 0.2) is 79.1 Å². The Bertz CT molecular complexity index is 1590. The first-order valence-corrected chi connectivity index (χ1v) is 12.1. The molecule has 2 heterocycles. The van der Waals surface area contributed by atoms with E-state index in [1.54, 1.807) is 24.3 Å². The number of hydrogen-bond acceptors (Lipinski definition) is 7. The summed E-state index contributed by atoms with van der Waals surface area (Å²) in [7, 11) is 1.42. The number of hydrogen-bond donors (Lipinski definition) is 4. The quantitative estimate of drug-likeness (QED) is 0.189. The summed E-state index contributed by atoms with van der Waals surface area (Å²) in [4.78, 5) is 21.8. The smallest absolute Gasteiger partial charge is 0.243 e. The van der Waals surface area contributed by atoms with Crippen molar-refractivity contribution in [3.05, 3.63) is 95.5 Å². The molecule has 200 valence electrons. The van der Waals surface area contributed by atoms with Crippen molar-refractivity contribution in [1.29, 1.82) is 0 Å². The molecule has 5 aromatic rings. The number of carbonyl (C=O) groups is 1. The Balaban J connectivity index is 0.000000531. The summed E-state index contributed by atoms with van der Waals surface area (Å²) in [5.41, 5.74) is 16.1. The average Bonchev–Trinajstić information content (AvgIpc) is 3.34. The van der Waals surface area contributed by atoms with Crippen LogP contribution < -0.4 is 21.5 Å². The highest BCUT2D eigenvalue weighted by atomic mass is 35.5. The number of fused-ring (bicyclic) bond motifs is 1. The highest BCUT2D eigenvalue weighted by molar-refractivity contribution is 6.32. The van der Waals surface area contributed by atoms with Gasteiger partial charge in [0.15, 0.2) is 5.82 Å². The number of nitrogens with zero attached hydrogens (tertiary/aromatic N) is 2. The largest absolute Gasteiger partial charge is 0.487 e. The van der Waals surface area contributed by atoms with Crippen LogP contribution >= 0.6 is 11.6 Å². The summed E-state index contributed by atoms with van der Waals surface area (Å²) in [6.45, 7) is 0.228. The minimum absolute atomic E-state index is 0.0139. The summed E-state index contributed by atoms with van der Waals surface area (Å²) in [6.07, 6.45) is 1.50. The normalized spacial score (nSPS) is 10.5. The molecule has 0 atom stereocenters. The number of H-pyrrole nitrogens is 1. The molecule has 5 rings (SSSR count). The monoisotopic (exact) mass is 548 g/mol. The maximum absolute atomic E-state index is 13.4. The number of halogens is 2. The molecule has 0 radical (unpaired) electrons. The zero-order valence-corrected chi connectivity index (χ0v) is 21.7. The topological polar surface area (TPSA) is 141 Å². The lowest BCUT2D eigenvalue weighted by Crippen LogP contribution is -2.16. The van der Waals surface area contributed by atoms with Crippen molar-refractivity contribution < 1.29 is 18.7 Å². The molecule has 0 saturated heterocycles. The van der Waals surface area contributed by atoms with Crippen LogP contribution in [0, 0.1) is 5.82 Å². The number of nitrogen functional groups attached to an aromatic ring is 1. The van der Waals surface area contributed by atoms with Gasteiger partial charge < -0.3 is 31.2 Å². The molecule has 6 N–H and O–H groups in total. The van der Waals surface area contributed by atoms with Crippen LogP contribution in [-0.2, 0) is 16.1 Å². The number of carbonyl (C=O) groups excluding carboxylic acids is 1. The minimum atomic E-state index is -0.433. The van der Waals surface area contributed by atoms with Gasteiger partial charge in [0.2, 0.25) is 5.91 Å². The second-order valence-corrected chi connectivity index (χ2v) is 8.79. The van der Waals surface area contributed by atoms with E-state index in [4.69, 9.17) is 22.1 Å². The van der Waals surface area contributed by atoms with Gasteiger partial charge in [-0.1, -0.05) is 35.9 Å². The third-order valence-electron chi connectivity index (χ3n) is 5.38. The molecule has 39 heavy (non-hydrogen) atoms. The standard InChI is InChI=1S/C25H19ClFN5O.C3H7NO2/c26-20-11-19(7-8-23(20)33-13-15-3-1-5-17(27)9-15)31-25-24-22(29-14-30-25)12-21(32-24)16-4-2-6-18(28)10-16;1-6-2-3(4)5/h1-12,14,32H,13,28H2,(H,29,30,31);2H2,1H3,(H2,4,5). The van der Waals surface area contributed by atoms with Gasteiger partial charge in [0.25, 0.3) is 0 Å². The van der Waals surface area contributed by atoms with Gasteiger partial charge in [0.1, 0.15) is 36.6 Å². The van der Waals surface area contributed by atoms with E-state index in [0.717, 1.165) is 33.5 Å². The van der Waals surface area contributed by atoms with Crippen molar-refractivity contribution in [3.63, 3.8) is 0 Å². The van der Waals surface area contributed by atoms with Gasteiger partial charge in [0.05, 0.1) is 10.5 Å². The lowest BCUT2D eigenvalue weighted by molar-refractivity contribution is -0.121. The Kier molecular flexibility index (Phi) is 8.93. The van der Waals surface area contributed by atoms with Gasteiger partial charge >= 0.3 is 0 Å².